The summed E-state index contributed by atoms with van der Waals surface area (Å²) in [4.78, 5) is 0. The van der Waals surface area contributed by atoms with Crippen LogP contribution < -0.4 is 0 Å². The predicted molar refractivity (Wildman–Crippen MR) is 178 cm³/mol. The van der Waals surface area contributed by atoms with Gasteiger partial charge in [0.2, 0.25) is 0 Å². The fraction of sp³-hybridized carbons (Fsp3) is 0.842. The van der Waals surface area contributed by atoms with Gasteiger partial charge in [0.15, 0.2) is 0 Å². The molecule has 1 aromatic carbocycles. The minimum Gasteiger partial charge on any atom is -0.325 e. The second kappa shape index (κ2) is 26.1. The number of hydrogen-bond donors (Lipinski definition) is 0. The minimum atomic E-state index is 1.12. The second-order valence-corrected chi connectivity index (χ2v) is 13.5. The van der Waals surface area contributed by atoms with Gasteiger partial charge < -0.3 is 4.48 Å². The highest BCUT2D eigenvalue weighted by Gasteiger charge is 2.15. The van der Waals surface area contributed by atoms with Crippen molar-refractivity contribution in [2.24, 2.45) is 0 Å². The summed E-state index contributed by atoms with van der Waals surface area (Å²) in [5.41, 5.74) is 3.04. The van der Waals surface area contributed by atoms with E-state index in [1.54, 1.807) is 0 Å². The van der Waals surface area contributed by atoms with Crippen LogP contribution in [-0.4, -0.2) is 25.1 Å². The Labute approximate surface area is 247 Å². The molecule has 1 nitrogen and oxygen atoms in total. The van der Waals surface area contributed by atoms with Crippen LogP contribution in [0.5, 0.6) is 0 Å². The quantitative estimate of drug-likeness (QED) is 0.0697. The highest BCUT2D eigenvalue weighted by molar-refractivity contribution is 5.22. The number of nitrogens with zero attached hydrogens (tertiary/aromatic N) is 1. The van der Waals surface area contributed by atoms with Gasteiger partial charge in [-0.1, -0.05) is 179 Å². The molecule has 0 spiro atoms. The number of rotatable bonds is 29. The van der Waals surface area contributed by atoms with Crippen molar-refractivity contribution in [2.45, 2.75) is 187 Å². The molecule has 0 bridgehead atoms. The molecule has 39 heavy (non-hydrogen) atoms. The van der Waals surface area contributed by atoms with Crippen molar-refractivity contribution in [3.8, 4) is 0 Å². The maximum absolute atomic E-state index is 2.42. The summed E-state index contributed by atoms with van der Waals surface area (Å²) in [5, 5.41) is 0. The first-order valence-corrected chi connectivity index (χ1v) is 18.0. The molecule has 0 saturated heterocycles. The van der Waals surface area contributed by atoms with E-state index >= 15 is 0 Å². The van der Waals surface area contributed by atoms with Gasteiger partial charge in [-0.15, -0.1) is 0 Å². The van der Waals surface area contributed by atoms with Gasteiger partial charge in [-0.2, -0.15) is 0 Å². The lowest BCUT2D eigenvalue weighted by Crippen LogP contribution is -2.39. The van der Waals surface area contributed by atoms with Crippen molar-refractivity contribution >= 4 is 0 Å². The number of benzene rings is 1. The van der Waals surface area contributed by atoms with E-state index in [1.165, 1.54) is 185 Å². The molecule has 1 heteroatoms. The van der Waals surface area contributed by atoms with Crippen molar-refractivity contribution in [1.82, 2.24) is 0 Å². The van der Waals surface area contributed by atoms with Crippen LogP contribution in [0.2, 0.25) is 0 Å². The highest BCUT2D eigenvalue weighted by atomic mass is 15.3. The van der Waals surface area contributed by atoms with E-state index in [0.29, 0.717) is 0 Å². The molecule has 0 unspecified atom stereocenters. The van der Waals surface area contributed by atoms with Crippen LogP contribution in [0.25, 0.3) is 0 Å². The largest absolute Gasteiger partial charge is 0.325 e. The Morgan fingerprint density at radius 1 is 0.385 bits per heavy atom. The first kappa shape index (κ1) is 36.2. The lowest BCUT2D eigenvalue weighted by molar-refractivity contribution is -0.903. The molecule has 0 aliphatic carbocycles. The molecule has 0 saturated carbocycles. The van der Waals surface area contributed by atoms with E-state index in [2.05, 4.69) is 52.2 Å². The third-order valence-electron chi connectivity index (χ3n) is 8.82. The van der Waals surface area contributed by atoms with E-state index in [-0.39, 0.29) is 0 Å². The molecule has 0 aliphatic heterocycles. The van der Waals surface area contributed by atoms with E-state index in [9.17, 15) is 0 Å². The van der Waals surface area contributed by atoms with Crippen molar-refractivity contribution in [3.05, 3.63) is 35.4 Å². The summed E-state index contributed by atoms with van der Waals surface area (Å²) in [5.74, 6) is 0. The van der Waals surface area contributed by atoms with Gasteiger partial charge in [0.25, 0.3) is 0 Å². The van der Waals surface area contributed by atoms with Gasteiger partial charge in [-0.25, -0.2) is 0 Å². The van der Waals surface area contributed by atoms with Crippen LogP contribution in [0.4, 0.5) is 0 Å². The Hall–Kier alpha value is -0.820. The highest BCUT2D eigenvalue weighted by Crippen LogP contribution is 2.17. The van der Waals surface area contributed by atoms with Gasteiger partial charge in [0.05, 0.1) is 20.6 Å². The first-order valence-electron chi connectivity index (χ1n) is 18.0. The molecule has 0 amide bonds. The zero-order chi connectivity index (χ0) is 28.3. The van der Waals surface area contributed by atoms with Gasteiger partial charge in [-0.05, 0) is 31.2 Å². The van der Waals surface area contributed by atoms with E-state index in [0.717, 1.165) is 11.0 Å². The third kappa shape index (κ3) is 23.6. The summed E-state index contributed by atoms with van der Waals surface area (Å²) in [6, 6.07) is 9.59. The zero-order valence-electron chi connectivity index (χ0n) is 27.6. The summed E-state index contributed by atoms with van der Waals surface area (Å²) in [6.07, 6.45) is 37.2. The van der Waals surface area contributed by atoms with Crippen LogP contribution in [0.15, 0.2) is 24.3 Å². The molecule has 0 aliphatic rings. The van der Waals surface area contributed by atoms with E-state index in [1.807, 2.05) is 0 Å². The van der Waals surface area contributed by atoms with Crippen LogP contribution >= 0.6 is 0 Å². The molecule has 228 valence electrons. The normalized spacial score (nSPS) is 11.9. The maximum atomic E-state index is 2.42. The second-order valence-electron chi connectivity index (χ2n) is 13.5. The molecule has 0 fully saturated rings. The Balaban J connectivity index is 1.97. The fourth-order valence-electron chi connectivity index (χ4n) is 6.11. The summed E-state index contributed by atoms with van der Waals surface area (Å²) >= 11 is 0. The Kier molecular flexibility index (Phi) is 24.2. The monoisotopic (exact) mass is 543 g/mol. The Morgan fingerprint density at radius 2 is 0.692 bits per heavy atom. The first-order chi connectivity index (χ1) is 19.1. The average Bonchev–Trinajstić information content (AvgIpc) is 2.92. The SMILES string of the molecule is CCCCCCCCCCCCCCCCCC[N+](C)(C)Cc1ccc(CCCCCCCCCCC)cc1. The van der Waals surface area contributed by atoms with Crippen molar-refractivity contribution in [1.29, 1.82) is 0 Å². The lowest BCUT2D eigenvalue weighted by Gasteiger charge is -2.30. The van der Waals surface area contributed by atoms with Crippen LogP contribution in [0, 0.1) is 0 Å². The molecule has 0 heterocycles. The molecule has 1 aromatic rings. The summed E-state index contributed by atoms with van der Waals surface area (Å²) < 4.78 is 1.12. The minimum absolute atomic E-state index is 1.12. The maximum Gasteiger partial charge on any atom is 0.104 e. The third-order valence-corrected chi connectivity index (χ3v) is 8.82. The van der Waals surface area contributed by atoms with Gasteiger partial charge in [0.1, 0.15) is 6.54 Å². The van der Waals surface area contributed by atoms with Crippen molar-refractivity contribution < 1.29 is 4.48 Å². The molecule has 0 N–H and O–H groups in total. The summed E-state index contributed by atoms with van der Waals surface area (Å²) in [6.45, 7) is 7.07. The zero-order valence-corrected chi connectivity index (χ0v) is 27.6. The number of aryl methyl sites for hydroxylation is 1. The van der Waals surface area contributed by atoms with Gasteiger partial charge in [0, 0.05) is 5.56 Å². The Morgan fingerprint density at radius 3 is 1.08 bits per heavy atom. The van der Waals surface area contributed by atoms with Gasteiger partial charge >= 0.3 is 0 Å². The van der Waals surface area contributed by atoms with E-state index < -0.39 is 0 Å². The Bertz CT molecular complexity index is 616. The van der Waals surface area contributed by atoms with Gasteiger partial charge in [-0.3, -0.25) is 0 Å². The standard InChI is InChI=1S/C38H72N/c1-5-7-9-11-13-15-16-17-18-19-20-21-23-25-27-29-35-39(3,4)36-38-33-31-37(32-34-38)30-28-26-24-22-14-12-10-8-6-2/h31-34H,5-30,35-36H2,1-4H3/q+1. The molecule has 0 aromatic heterocycles. The number of hydrogen-bond acceptors (Lipinski definition) is 0. The number of quaternary nitrogens is 1. The molecular weight excluding hydrogens is 470 g/mol. The summed E-state index contributed by atoms with van der Waals surface area (Å²) in [7, 11) is 4.84. The fourth-order valence-corrected chi connectivity index (χ4v) is 6.11. The van der Waals surface area contributed by atoms with Crippen molar-refractivity contribution in [3.63, 3.8) is 0 Å². The predicted octanol–water partition coefficient (Wildman–Crippen LogP) is 12.6. The molecular formula is C38H72N+. The average molecular weight is 543 g/mol. The molecule has 1 rings (SSSR count). The smallest absolute Gasteiger partial charge is 0.104 e. The lowest BCUT2D eigenvalue weighted by atomic mass is 10.0. The van der Waals surface area contributed by atoms with E-state index in [4.69, 9.17) is 0 Å². The molecule has 0 atom stereocenters. The molecule has 0 radical (unpaired) electrons. The van der Waals surface area contributed by atoms with Crippen LogP contribution in [0.3, 0.4) is 0 Å². The van der Waals surface area contributed by atoms with Crippen molar-refractivity contribution in [2.75, 3.05) is 20.6 Å². The van der Waals surface area contributed by atoms with Crippen LogP contribution in [0.1, 0.15) is 185 Å². The number of unbranched alkanes of at least 4 members (excludes halogenated alkanes) is 23. The van der Waals surface area contributed by atoms with Crippen LogP contribution in [-0.2, 0) is 13.0 Å². The topological polar surface area (TPSA) is 0 Å².